The number of ether oxygens (including phenoxy) is 1. The molecule has 1 N–H and O–H groups in total. The van der Waals surface area contributed by atoms with E-state index in [1.807, 2.05) is 44.2 Å². The lowest BCUT2D eigenvalue weighted by Gasteiger charge is -2.20. The Morgan fingerprint density at radius 1 is 1.30 bits per heavy atom. The molecule has 0 heterocycles. The van der Waals surface area contributed by atoms with E-state index in [0.717, 1.165) is 12.0 Å². The maximum absolute atomic E-state index is 11.9. The molecule has 20 heavy (non-hydrogen) atoms. The standard InChI is InChI=1S/C16H21NO3/c1-4-12(2)15(16(19)20-3)17-14(18)11-10-13-8-6-5-7-9-13/h5-12,15H,4H2,1-3H3,(H,17,18)/b11-10+/t12?,15-/m1/s1. The average Bonchev–Trinajstić information content (AvgIpc) is 2.50. The highest BCUT2D eigenvalue weighted by Gasteiger charge is 2.25. The van der Waals surface area contributed by atoms with E-state index >= 15 is 0 Å². The molecule has 0 spiro atoms. The van der Waals surface area contributed by atoms with Crippen molar-refractivity contribution in [2.24, 2.45) is 5.92 Å². The van der Waals surface area contributed by atoms with Crippen molar-refractivity contribution >= 4 is 18.0 Å². The average molecular weight is 275 g/mol. The number of amides is 1. The van der Waals surface area contributed by atoms with Gasteiger partial charge in [-0.1, -0.05) is 50.6 Å². The summed E-state index contributed by atoms with van der Waals surface area (Å²) < 4.78 is 4.72. The summed E-state index contributed by atoms with van der Waals surface area (Å²) in [6.07, 6.45) is 3.91. The zero-order valence-electron chi connectivity index (χ0n) is 12.1. The van der Waals surface area contributed by atoms with Gasteiger partial charge < -0.3 is 10.1 Å². The second-order valence-electron chi connectivity index (χ2n) is 4.64. The predicted octanol–water partition coefficient (Wildman–Crippen LogP) is 2.40. The molecule has 108 valence electrons. The Morgan fingerprint density at radius 2 is 1.95 bits per heavy atom. The summed E-state index contributed by atoms with van der Waals surface area (Å²) in [4.78, 5) is 23.5. The Bertz CT molecular complexity index is 468. The highest BCUT2D eigenvalue weighted by Crippen LogP contribution is 2.09. The maximum Gasteiger partial charge on any atom is 0.328 e. The molecule has 1 unspecified atom stereocenters. The second-order valence-corrected chi connectivity index (χ2v) is 4.64. The van der Waals surface area contributed by atoms with Crippen LogP contribution in [0.3, 0.4) is 0 Å². The van der Waals surface area contributed by atoms with Crippen LogP contribution >= 0.6 is 0 Å². The Balaban J connectivity index is 2.67. The first-order chi connectivity index (χ1) is 9.58. The lowest BCUT2D eigenvalue weighted by Crippen LogP contribution is -2.45. The Labute approximate surface area is 119 Å². The third kappa shape index (κ3) is 4.88. The third-order valence-corrected chi connectivity index (χ3v) is 3.19. The summed E-state index contributed by atoms with van der Waals surface area (Å²) in [5.41, 5.74) is 0.931. The summed E-state index contributed by atoms with van der Waals surface area (Å²) >= 11 is 0. The number of carbonyl (C=O) groups is 2. The van der Waals surface area contributed by atoms with Crippen LogP contribution in [0.2, 0.25) is 0 Å². The topological polar surface area (TPSA) is 55.4 Å². The smallest absolute Gasteiger partial charge is 0.328 e. The first kappa shape index (κ1) is 16.0. The van der Waals surface area contributed by atoms with Crippen LogP contribution in [0, 0.1) is 5.92 Å². The molecule has 0 aliphatic heterocycles. The first-order valence-corrected chi connectivity index (χ1v) is 6.70. The minimum atomic E-state index is -0.613. The lowest BCUT2D eigenvalue weighted by molar-refractivity contribution is -0.146. The molecule has 2 atom stereocenters. The molecule has 1 rings (SSSR count). The summed E-state index contributed by atoms with van der Waals surface area (Å²) in [6, 6.07) is 8.89. The van der Waals surface area contributed by atoms with E-state index in [2.05, 4.69) is 5.32 Å². The first-order valence-electron chi connectivity index (χ1n) is 6.70. The molecule has 0 bridgehead atoms. The zero-order chi connectivity index (χ0) is 15.0. The fourth-order valence-corrected chi connectivity index (χ4v) is 1.73. The molecule has 0 aromatic heterocycles. The number of benzene rings is 1. The molecule has 1 amide bonds. The predicted molar refractivity (Wildman–Crippen MR) is 78.9 cm³/mol. The van der Waals surface area contributed by atoms with Gasteiger partial charge in [0.15, 0.2) is 0 Å². The number of nitrogens with one attached hydrogen (secondary N) is 1. The summed E-state index contributed by atoms with van der Waals surface area (Å²) in [5, 5.41) is 2.69. The number of carbonyl (C=O) groups excluding carboxylic acids is 2. The molecule has 1 aromatic carbocycles. The number of hydrogen-bond donors (Lipinski definition) is 1. The van der Waals surface area contributed by atoms with Crippen LogP contribution in [0.15, 0.2) is 36.4 Å². The molecule has 0 radical (unpaired) electrons. The molecule has 0 saturated heterocycles. The normalized spacial score (nSPS) is 13.8. The van der Waals surface area contributed by atoms with Gasteiger partial charge in [-0.25, -0.2) is 4.79 Å². The van der Waals surface area contributed by atoms with E-state index < -0.39 is 12.0 Å². The quantitative estimate of drug-likeness (QED) is 0.640. The van der Waals surface area contributed by atoms with Crippen LogP contribution in [0.25, 0.3) is 6.08 Å². The van der Waals surface area contributed by atoms with Gasteiger partial charge in [0.05, 0.1) is 7.11 Å². The van der Waals surface area contributed by atoms with Crippen molar-refractivity contribution in [1.29, 1.82) is 0 Å². The van der Waals surface area contributed by atoms with Crippen molar-refractivity contribution in [3.05, 3.63) is 42.0 Å². The van der Waals surface area contributed by atoms with Gasteiger partial charge in [0.25, 0.3) is 0 Å². The zero-order valence-corrected chi connectivity index (χ0v) is 12.1. The van der Waals surface area contributed by atoms with E-state index in [1.54, 1.807) is 6.08 Å². The Hall–Kier alpha value is -2.10. The van der Waals surface area contributed by atoms with E-state index in [0.29, 0.717) is 0 Å². The van der Waals surface area contributed by atoms with Gasteiger partial charge in [-0.2, -0.15) is 0 Å². The van der Waals surface area contributed by atoms with Gasteiger partial charge in [-0.3, -0.25) is 4.79 Å². The van der Waals surface area contributed by atoms with Gasteiger partial charge in [0, 0.05) is 6.08 Å². The summed E-state index contributed by atoms with van der Waals surface area (Å²) in [7, 11) is 1.32. The van der Waals surface area contributed by atoms with Crippen LogP contribution < -0.4 is 5.32 Å². The lowest BCUT2D eigenvalue weighted by atomic mass is 9.99. The number of methoxy groups -OCH3 is 1. The van der Waals surface area contributed by atoms with Crippen molar-refractivity contribution in [2.75, 3.05) is 7.11 Å². The number of rotatable bonds is 6. The molecular formula is C16H21NO3. The van der Waals surface area contributed by atoms with Crippen molar-refractivity contribution in [3.8, 4) is 0 Å². The molecule has 0 aliphatic carbocycles. The third-order valence-electron chi connectivity index (χ3n) is 3.19. The van der Waals surface area contributed by atoms with Crippen LogP contribution in [0.1, 0.15) is 25.8 Å². The van der Waals surface area contributed by atoms with Crippen LogP contribution in [-0.4, -0.2) is 25.0 Å². The van der Waals surface area contributed by atoms with Gasteiger partial charge in [-0.15, -0.1) is 0 Å². The minimum Gasteiger partial charge on any atom is -0.467 e. The van der Waals surface area contributed by atoms with Gasteiger partial charge in [0.2, 0.25) is 5.91 Å². The number of esters is 1. The molecule has 0 aliphatic rings. The fraction of sp³-hybridized carbons (Fsp3) is 0.375. The second kappa shape index (κ2) is 8.15. The number of hydrogen-bond acceptors (Lipinski definition) is 3. The van der Waals surface area contributed by atoms with E-state index in [4.69, 9.17) is 4.74 Å². The molecule has 0 fully saturated rings. The van der Waals surface area contributed by atoms with Crippen molar-refractivity contribution < 1.29 is 14.3 Å². The van der Waals surface area contributed by atoms with E-state index in [1.165, 1.54) is 13.2 Å². The minimum absolute atomic E-state index is 0.0246. The van der Waals surface area contributed by atoms with E-state index in [-0.39, 0.29) is 11.8 Å². The maximum atomic E-state index is 11.9. The summed E-state index contributed by atoms with van der Waals surface area (Å²) in [5.74, 6) is -0.693. The van der Waals surface area contributed by atoms with Gasteiger partial charge >= 0.3 is 5.97 Å². The highest BCUT2D eigenvalue weighted by atomic mass is 16.5. The van der Waals surface area contributed by atoms with Gasteiger partial charge in [0.1, 0.15) is 6.04 Å². The van der Waals surface area contributed by atoms with Crippen molar-refractivity contribution in [2.45, 2.75) is 26.3 Å². The summed E-state index contributed by atoms with van der Waals surface area (Å²) in [6.45, 7) is 3.87. The molecule has 4 nitrogen and oxygen atoms in total. The SMILES string of the molecule is CCC(C)[C@@H](NC(=O)/C=C/c1ccccc1)C(=O)OC. The molecule has 4 heteroatoms. The van der Waals surface area contributed by atoms with Crippen LogP contribution in [0.4, 0.5) is 0 Å². The molecular weight excluding hydrogens is 254 g/mol. The Kier molecular flexibility index (Phi) is 6.50. The van der Waals surface area contributed by atoms with Crippen molar-refractivity contribution in [3.63, 3.8) is 0 Å². The van der Waals surface area contributed by atoms with E-state index in [9.17, 15) is 9.59 Å². The van der Waals surface area contributed by atoms with Crippen LogP contribution in [-0.2, 0) is 14.3 Å². The van der Waals surface area contributed by atoms with Crippen molar-refractivity contribution in [1.82, 2.24) is 5.32 Å². The Morgan fingerprint density at radius 3 is 2.50 bits per heavy atom. The molecule has 0 saturated carbocycles. The van der Waals surface area contributed by atoms with Gasteiger partial charge in [-0.05, 0) is 17.6 Å². The van der Waals surface area contributed by atoms with Crippen LogP contribution in [0.5, 0.6) is 0 Å². The fourth-order valence-electron chi connectivity index (χ4n) is 1.73. The molecule has 1 aromatic rings. The largest absolute Gasteiger partial charge is 0.467 e. The highest BCUT2D eigenvalue weighted by molar-refractivity contribution is 5.94. The monoisotopic (exact) mass is 275 g/mol.